The van der Waals surface area contributed by atoms with Gasteiger partial charge in [0.05, 0.1) is 11.6 Å². The van der Waals surface area contributed by atoms with Crippen molar-refractivity contribution in [3.63, 3.8) is 0 Å². The predicted octanol–water partition coefficient (Wildman–Crippen LogP) is 3.75. The fraction of sp³-hybridized carbons (Fsp3) is 0.714. The lowest BCUT2D eigenvalue weighted by Crippen LogP contribution is -2.46. The SMILES string of the molecule is CCOC1(C(NC)c2cccs2)CCCCC1. The minimum Gasteiger partial charge on any atom is -0.373 e. The second-order valence-electron chi connectivity index (χ2n) is 4.80. The van der Waals surface area contributed by atoms with Crippen LogP contribution < -0.4 is 5.32 Å². The predicted molar refractivity (Wildman–Crippen MR) is 73.6 cm³/mol. The van der Waals surface area contributed by atoms with E-state index in [-0.39, 0.29) is 5.60 Å². The standard InChI is InChI=1S/C14H23NOS/c1-3-16-14(9-5-4-6-10-14)13(15-2)12-8-7-11-17-12/h7-8,11,13,15H,3-6,9-10H2,1-2H3. The minimum atomic E-state index is 0.0204. The maximum absolute atomic E-state index is 6.19. The Hall–Kier alpha value is -0.380. The number of thiophene rings is 1. The molecule has 0 aromatic carbocycles. The molecule has 1 aromatic heterocycles. The van der Waals surface area contributed by atoms with Gasteiger partial charge in [-0.2, -0.15) is 0 Å². The highest BCUT2D eigenvalue weighted by molar-refractivity contribution is 7.10. The summed E-state index contributed by atoms with van der Waals surface area (Å²) in [5, 5.41) is 5.64. The van der Waals surface area contributed by atoms with Crippen molar-refractivity contribution in [3.8, 4) is 0 Å². The van der Waals surface area contributed by atoms with Crippen LogP contribution in [0.1, 0.15) is 49.9 Å². The van der Waals surface area contributed by atoms with Gasteiger partial charge in [-0.15, -0.1) is 11.3 Å². The summed E-state index contributed by atoms with van der Waals surface area (Å²) in [6, 6.07) is 4.70. The van der Waals surface area contributed by atoms with E-state index in [4.69, 9.17) is 4.74 Å². The van der Waals surface area contributed by atoms with E-state index in [1.54, 1.807) is 0 Å². The van der Waals surface area contributed by atoms with Gasteiger partial charge in [-0.1, -0.05) is 25.3 Å². The third-order valence-corrected chi connectivity index (χ3v) is 4.71. The fourth-order valence-electron chi connectivity index (χ4n) is 3.07. The summed E-state index contributed by atoms with van der Waals surface area (Å²) in [5.41, 5.74) is 0.0204. The van der Waals surface area contributed by atoms with Gasteiger partial charge in [0.2, 0.25) is 0 Å². The highest BCUT2D eigenvalue weighted by Crippen LogP contribution is 2.42. The normalized spacial score (nSPS) is 21.3. The molecule has 1 aliphatic rings. The average Bonchev–Trinajstić information content (AvgIpc) is 2.85. The van der Waals surface area contributed by atoms with Crippen molar-refractivity contribution in [3.05, 3.63) is 22.4 Å². The monoisotopic (exact) mass is 253 g/mol. The van der Waals surface area contributed by atoms with Gasteiger partial charge in [-0.25, -0.2) is 0 Å². The highest BCUT2D eigenvalue weighted by atomic mass is 32.1. The molecule has 0 radical (unpaired) electrons. The quantitative estimate of drug-likeness (QED) is 0.863. The Morgan fingerprint density at radius 1 is 1.41 bits per heavy atom. The molecule has 96 valence electrons. The lowest BCUT2D eigenvalue weighted by molar-refractivity contribution is -0.0891. The van der Waals surface area contributed by atoms with E-state index in [0.717, 1.165) is 6.61 Å². The summed E-state index contributed by atoms with van der Waals surface area (Å²) in [5.74, 6) is 0. The summed E-state index contributed by atoms with van der Waals surface area (Å²) < 4.78 is 6.19. The van der Waals surface area contributed by atoms with Crippen LogP contribution in [0.5, 0.6) is 0 Å². The van der Waals surface area contributed by atoms with E-state index in [2.05, 4.69) is 36.8 Å². The van der Waals surface area contributed by atoms with Crippen molar-refractivity contribution in [1.82, 2.24) is 5.32 Å². The molecule has 1 atom stereocenters. The smallest absolute Gasteiger partial charge is 0.0884 e. The van der Waals surface area contributed by atoms with Crippen LogP contribution in [0.15, 0.2) is 17.5 Å². The molecular weight excluding hydrogens is 230 g/mol. The van der Waals surface area contributed by atoms with E-state index < -0.39 is 0 Å². The Morgan fingerprint density at radius 2 is 2.18 bits per heavy atom. The number of hydrogen-bond donors (Lipinski definition) is 1. The maximum atomic E-state index is 6.19. The molecule has 1 unspecified atom stereocenters. The molecular formula is C14H23NOS. The van der Waals surface area contributed by atoms with Crippen molar-refractivity contribution in [2.45, 2.75) is 50.7 Å². The van der Waals surface area contributed by atoms with Crippen LogP contribution in [0.3, 0.4) is 0 Å². The van der Waals surface area contributed by atoms with Crippen LogP contribution in [-0.2, 0) is 4.74 Å². The van der Waals surface area contributed by atoms with Crippen LogP contribution in [0.2, 0.25) is 0 Å². The molecule has 0 aliphatic heterocycles. The molecule has 0 spiro atoms. The van der Waals surface area contributed by atoms with E-state index >= 15 is 0 Å². The summed E-state index contributed by atoms with van der Waals surface area (Å²) in [4.78, 5) is 1.41. The van der Waals surface area contributed by atoms with Gasteiger partial charge < -0.3 is 10.1 Å². The molecule has 0 bridgehead atoms. The molecule has 1 aromatic rings. The largest absolute Gasteiger partial charge is 0.373 e. The summed E-state index contributed by atoms with van der Waals surface area (Å²) in [7, 11) is 2.06. The van der Waals surface area contributed by atoms with Gasteiger partial charge in [0.15, 0.2) is 0 Å². The zero-order valence-electron chi connectivity index (χ0n) is 10.9. The average molecular weight is 253 g/mol. The van der Waals surface area contributed by atoms with Gasteiger partial charge in [0.1, 0.15) is 0 Å². The molecule has 0 amide bonds. The fourth-order valence-corrected chi connectivity index (χ4v) is 4.01. The number of likely N-dealkylation sites (N-methyl/N-ethyl adjacent to an activating group) is 1. The Morgan fingerprint density at radius 3 is 2.71 bits per heavy atom. The molecule has 3 heteroatoms. The van der Waals surface area contributed by atoms with E-state index in [1.165, 1.54) is 37.0 Å². The maximum Gasteiger partial charge on any atom is 0.0884 e. The molecule has 1 saturated carbocycles. The van der Waals surface area contributed by atoms with Crippen LogP contribution >= 0.6 is 11.3 Å². The molecule has 2 nitrogen and oxygen atoms in total. The first kappa shape index (κ1) is 13.1. The van der Waals surface area contributed by atoms with Gasteiger partial charge in [-0.3, -0.25) is 0 Å². The minimum absolute atomic E-state index is 0.0204. The molecule has 17 heavy (non-hydrogen) atoms. The highest BCUT2D eigenvalue weighted by Gasteiger charge is 2.41. The number of ether oxygens (including phenoxy) is 1. The van der Waals surface area contributed by atoms with Crippen LogP contribution in [0, 0.1) is 0 Å². The Labute approximate surface area is 108 Å². The van der Waals surface area contributed by atoms with Crippen molar-refractivity contribution in [2.24, 2.45) is 0 Å². The summed E-state index contributed by atoms with van der Waals surface area (Å²) in [6.07, 6.45) is 6.32. The zero-order valence-corrected chi connectivity index (χ0v) is 11.7. The van der Waals surface area contributed by atoms with Crippen molar-refractivity contribution < 1.29 is 4.74 Å². The summed E-state index contributed by atoms with van der Waals surface area (Å²) >= 11 is 1.83. The van der Waals surface area contributed by atoms with Crippen LogP contribution in [0.4, 0.5) is 0 Å². The first-order valence-corrected chi connectivity index (χ1v) is 7.55. The van der Waals surface area contributed by atoms with Gasteiger partial charge in [-0.05, 0) is 38.3 Å². The lowest BCUT2D eigenvalue weighted by atomic mass is 9.78. The van der Waals surface area contributed by atoms with Crippen molar-refractivity contribution >= 4 is 11.3 Å². The Bertz CT molecular complexity index is 311. The second kappa shape index (κ2) is 5.98. The Kier molecular flexibility index (Phi) is 4.60. The van der Waals surface area contributed by atoms with Crippen molar-refractivity contribution in [2.75, 3.05) is 13.7 Å². The molecule has 1 N–H and O–H groups in total. The Balaban J connectivity index is 2.23. The summed E-state index contributed by atoms with van der Waals surface area (Å²) in [6.45, 7) is 2.92. The number of hydrogen-bond acceptors (Lipinski definition) is 3. The number of rotatable bonds is 5. The number of nitrogens with one attached hydrogen (secondary N) is 1. The lowest BCUT2D eigenvalue weighted by Gasteiger charge is -2.43. The van der Waals surface area contributed by atoms with Gasteiger partial charge in [0, 0.05) is 11.5 Å². The van der Waals surface area contributed by atoms with E-state index in [1.807, 2.05) is 11.3 Å². The first-order valence-electron chi connectivity index (χ1n) is 6.67. The molecule has 1 aliphatic carbocycles. The van der Waals surface area contributed by atoms with Crippen molar-refractivity contribution in [1.29, 1.82) is 0 Å². The third kappa shape index (κ3) is 2.72. The van der Waals surface area contributed by atoms with E-state index in [0.29, 0.717) is 6.04 Å². The van der Waals surface area contributed by atoms with E-state index in [9.17, 15) is 0 Å². The van der Waals surface area contributed by atoms with Gasteiger partial charge in [0.25, 0.3) is 0 Å². The topological polar surface area (TPSA) is 21.3 Å². The first-order chi connectivity index (χ1) is 8.32. The third-order valence-electron chi connectivity index (χ3n) is 3.77. The molecule has 1 fully saturated rings. The molecule has 2 rings (SSSR count). The van der Waals surface area contributed by atoms with Gasteiger partial charge >= 0.3 is 0 Å². The molecule has 0 saturated heterocycles. The zero-order chi connectivity index (χ0) is 12.1. The second-order valence-corrected chi connectivity index (χ2v) is 5.77. The molecule has 1 heterocycles. The van der Waals surface area contributed by atoms with Crippen LogP contribution in [0.25, 0.3) is 0 Å². The van der Waals surface area contributed by atoms with Crippen LogP contribution in [-0.4, -0.2) is 19.3 Å².